The number of fused-ring (bicyclic) bond motifs is 3. The number of para-hydroxylation sites is 2. The minimum atomic E-state index is -0.592. The van der Waals surface area contributed by atoms with Crippen molar-refractivity contribution < 1.29 is 24.1 Å². The smallest absolute Gasteiger partial charge is 0.339 e. The van der Waals surface area contributed by atoms with Crippen LogP contribution in [-0.2, 0) is 11.2 Å². The van der Waals surface area contributed by atoms with E-state index < -0.39 is 12.6 Å². The normalized spacial score (nSPS) is 14.0. The molecule has 0 saturated heterocycles. The lowest BCUT2D eigenvalue weighted by Gasteiger charge is -2.13. The van der Waals surface area contributed by atoms with E-state index in [0.29, 0.717) is 45.8 Å². The van der Waals surface area contributed by atoms with E-state index in [9.17, 15) is 15.2 Å². The molecule has 0 fully saturated rings. The summed E-state index contributed by atoms with van der Waals surface area (Å²) >= 11 is 1.29. The summed E-state index contributed by atoms with van der Waals surface area (Å²) in [4.78, 5) is 23.0. The number of hydrogen-bond acceptors (Lipinski definition) is 9. The zero-order valence-electron chi connectivity index (χ0n) is 22.9. The molecule has 1 N–H and O–H groups in total. The van der Waals surface area contributed by atoms with Crippen molar-refractivity contribution in [2.24, 2.45) is 0 Å². The van der Waals surface area contributed by atoms with E-state index in [1.165, 1.54) is 11.3 Å². The fourth-order valence-corrected chi connectivity index (χ4v) is 6.13. The predicted molar refractivity (Wildman–Crippen MR) is 163 cm³/mol. The first kappa shape index (κ1) is 27.0. The van der Waals surface area contributed by atoms with Crippen molar-refractivity contribution in [1.82, 2.24) is 9.97 Å². The molecule has 0 unspecified atom stereocenters. The van der Waals surface area contributed by atoms with Crippen molar-refractivity contribution in [3.63, 3.8) is 0 Å². The van der Waals surface area contributed by atoms with Gasteiger partial charge in [0.15, 0.2) is 17.3 Å². The number of rotatable bonds is 7. The molecule has 0 aliphatic heterocycles. The van der Waals surface area contributed by atoms with Gasteiger partial charge in [-0.15, -0.1) is 11.3 Å². The first-order chi connectivity index (χ1) is 20.5. The first-order valence-electron chi connectivity index (χ1n) is 13.2. The number of carbonyl (C=O) groups is 1. The van der Waals surface area contributed by atoms with Crippen molar-refractivity contribution in [2.45, 2.75) is 12.8 Å². The van der Waals surface area contributed by atoms with Crippen LogP contribution in [0, 0.1) is 11.3 Å². The molecule has 0 amide bonds. The minimum absolute atomic E-state index is 0.0195. The van der Waals surface area contributed by atoms with Gasteiger partial charge in [0.1, 0.15) is 23.3 Å². The lowest BCUT2D eigenvalue weighted by molar-refractivity contribution is 0.0504. The summed E-state index contributed by atoms with van der Waals surface area (Å²) in [5.74, 6) is 0.316. The number of aliphatic hydroxyl groups excluding tert-OH is 1. The monoisotopic (exact) mass is 575 g/mol. The Bertz CT molecular complexity index is 1940. The highest BCUT2D eigenvalue weighted by molar-refractivity contribution is 7.19. The van der Waals surface area contributed by atoms with Crippen molar-refractivity contribution >= 4 is 55.6 Å². The van der Waals surface area contributed by atoms with Crippen LogP contribution < -0.4 is 9.47 Å². The molecule has 2 heterocycles. The van der Waals surface area contributed by atoms with Crippen molar-refractivity contribution in [3.8, 4) is 17.6 Å². The van der Waals surface area contributed by atoms with Crippen LogP contribution in [0.5, 0.6) is 11.5 Å². The highest BCUT2D eigenvalue weighted by Gasteiger charge is 2.28. The average Bonchev–Trinajstić information content (AvgIpc) is 3.62. The summed E-state index contributed by atoms with van der Waals surface area (Å²) in [6.07, 6.45) is 3.33. The van der Waals surface area contributed by atoms with Crippen molar-refractivity contribution in [1.29, 1.82) is 5.26 Å². The molecule has 42 heavy (non-hydrogen) atoms. The van der Waals surface area contributed by atoms with Gasteiger partial charge in [-0.2, -0.15) is 5.26 Å². The Morgan fingerprint density at radius 3 is 2.52 bits per heavy atom. The van der Waals surface area contributed by atoms with E-state index in [-0.39, 0.29) is 11.3 Å². The summed E-state index contributed by atoms with van der Waals surface area (Å²) in [6, 6.07) is 22.6. The molecule has 5 aromatic rings. The largest absolute Gasteiger partial charge is 0.507 e. The number of thiazole rings is 1. The molecule has 0 atom stereocenters. The molecule has 0 bridgehead atoms. The fourth-order valence-electron chi connectivity index (χ4n) is 5.15. The van der Waals surface area contributed by atoms with Crippen LogP contribution in [-0.4, -0.2) is 41.9 Å². The molecule has 1 aliphatic carbocycles. The second kappa shape index (κ2) is 11.4. The van der Waals surface area contributed by atoms with Gasteiger partial charge in [-0.25, -0.2) is 14.8 Å². The second-order valence-electron chi connectivity index (χ2n) is 9.61. The molecule has 9 heteroatoms. The average molecular weight is 576 g/mol. The number of nitriles is 1. The van der Waals surface area contributed by atoms with Gasteiger partial charge in [-0.05, 0) is 65.9 Å². The molecule has 2 aromatic heterocycles. The van der Waals surface area contributed by atoms with E-state index in [0.717, 1.165) is 32.6 Å². The fraction of sp³-hybridized carbons (Fsp3) is 0.152. The Hall–Kier alpha value is -5.20. The van der Waals surface area contributed by atoms with E-state index >= 15 is 0 Å². The number of carbonyl (C=O) groups excluding carboxylic acids is 1. The van der Waals surface area contributed by atoms with Gasteiger partial charge in [0.2, 0.25) is 0 Å². The minimum Gasteiger partial charge on any atom is -0.507 e. The Labute approximate surface area is 245 Å². The van der Waals surface area contributed by atoms with Crippen LogP contribution in [0.1, 0.15) is 38.6 Å². The van der Waals surface area contributed by atoms with Crippen molar-refractivity contribution in [3.05, 3.63) is 99.9 Å². The molecule has 0 spiro atoms. The standard InChI is InChI=1S/C33H25N3O5S/c1-39-27-14-11-19(16-28(27)40-2)15-20-12-13-22-30(21-7-3-4-8-24(21)35-31(20)22)33(38)41-18-26(37)23(17-34)32-36-25-9-5-6-10-29(25)42-32/h3-11,14-16,37H,12-13,18H2,1-2H3/b20-15-,26-23-. The number of methoxy groups -OCH3 is 2. The Balaban J connectivity index is 1.34. The first-order valence-corrected chi connectivity index (χ1v) is 14.0. The van der Waals surface area contributed by atoms with Gasteiger partial charge in [-0.3, -0.25) is 0 Å². The lowest BCUT2D eigenvalue weighted by Crippen LogP contribution is -2.13. The van der Waals surface area contributed by atoms with Gasteiger partial charge >= 0.3 is 5.97 Å². The maximum absolute atomic E-state index is 13.6. The maximum Gasteiger partial charge on any atom is 0.339 e. The molecular weight excluding hydrogens is 550 g/mol. The van der Waals surface area contributed by atoms with Gasteiger partial charge in [0, 0.05) is 5.39 Å². The molecule has 3 aromatic carbocycles. The van der Waals surface area contributed by atoms with Gasteiger partial charge in [0.05, 0.1) is 41.2 Å². The number of nitrogens with zero attached hydrogens (tertiary/aromatic N) is 3. The van der Waals surface area contributed by atoms with E-state index in [1.54, 1.807) is 14.2 Å². The Morgan fingerprint density at radius 2 is 1.76 bits per heavy atom. The SMILES string of the molecule is COc1ccc(/C=C2/CCc3c2nc2ccccc2c3C(=O)OC/C(O)=C(\C#N)c2nc3ccccc3s2)cc1OC. The summed E-state index contributed by atoms with van der Waals surface area (Å²) in [7, 11) is 3.19. The van der Waals surface area contributed by atoms with Crippen LogP contribution in [0.25, 0.3) is 38.3 Å². The molecule has 8 nitrogen and oxygen atoms in total. The van der Waals surface area contributed by atoms with E-state index in [4.69, 9.17) is 19.2 Å². The maximum atomic E-state index is 13.6. The van der Waals surface area contributed by atoms with Gasteiger partial charge < -0.3 is 19.3 Å². The third-order valence-electron chi connectivity index (χ3n) is 7.14. The summed E-state index contributed by atoms with van der Waals surface area (Å²) < 4.78 is 17.3. The zero-order chi connectivity index (χ0) is 29.2. The number of hydrogen-bond donors (Lipinski definition) is 1. The second-order valence-corrected chi connectivity index (χ2v) is 10.6. The summed E-state index contributed by atoms with van der Waals surface area (Å²) in [6.45, 7) is -0.461. The highest BCUT2D eigenvalue weighted by Crippen LogP contribution is 2.39. The summed E-state index contributed by atoms with van der Waals surface area (Å²) in [5.41, 5.74) is 5.22. The quantitative estimate of drug-likeness (QED) is 0.125. The third kappa shape index (κ3) is 4.93. The number of allylic oxidation sites excluding steroid dienone is 2. The van der Waals surface area contributed by atoms with Crippen LogP contribution in [0.15, 0.2) is 72.5 Å². The topological polar surface area (TPSA) is 115 Å². The molecule has 6 rings (SSSR count). The zero-order valence-corrected chi connectivity index (χ0v) is 23.7. The van der Waals surface area contributed by atoms with Gasteiger partial charge in [-0.1, -0.05) is 36.4 Å². The van der Waals surface area contributed by atoms with E-state index in [1.807, 2.05) is 78.9 Å². The number of pyridine rings is 1. The number of aliphatic hydroxyl groups is 1. The highest BCUT2D eigenvalue weighted by atomic mass is 32.1. The van der Waals surface area contributed by atoms with Crippen molar-refractivity contribution in [2.75, 3.05) is 20.8 Å². The number of ether oxygens (including phenoxy) is 3. The summed E-state index contributed by atoms with van der Waals surface area (Å²) in [5, 5.41) is 21.6. The van der Waals surface area contributed by atoms with Gasteiger partial charge in [0.25, 0.3) is 0 Å². The molecule has 208 valence electrons. The number of benzene rings is 3. The molecule has 0 saturated carbocycles. The number of esters is 1. The third-order valence-corrected chi connectivity index (χ3v) is 8.20. The molecule has 0 radical (unpaired) electrons. The van der Waals surface area contributed by atoms with Crippen LogP contribution >= 0.6 is 11.3 Å². The number of aromatic nitrogens is 2. The van der Waals surface area contributed by atoms with Crippen LogP contribution in [0.3, 0.4) is 0 Å². The Kier molecular flexibility index (Phi) is 7.30. The van der Waals surface area contributed by atoms with Crippen LogP contribution in [0.2, 0.25) is 0 Å². The molecular formula is C33H25N3O5S. The molecule has 1 aliphatic rings. The van der Waals surface area contributed by atoms with Crippen LogP contribution in [0.4, 0.5) is 0 Å². The lowest BCUT2D eigenvalue weighted by atomic mass is 10.0. The Morgan fingerprint density at radius 1 is 1.00 bits per heavy atom. The van der Waals surface area contributed by atoms with E-state index in [2.05, 4.69) is 4.98 Å². The predicted octanol–water partition coefficient (Wildman–Crippen LogP) is 7.00.